The summed E-state index contributed by atoms with van der Waals surface area (Å²) in [6.07, 6.45) is 11.1. The number of allylic oxidation sites excluding steroid dienone is 2. The van der Waals surface area contributed by atoms with Crippen LogP contribution in [0.25, 0.3) is 0 Å². The van der Waals surface area contributed by atoms with Gasteiger partial charge in [-0.15, -0.1) is 0 Å². The molecule has 1 saturated carbocycles. The van der Waals surface area contributed by atoms with Crippen LogP contribution in [-0.4, -0.2) is 12.6 Å². The Bertz CT molecular complexity index is 289. The largest absolute Gasteiger partial charge is 0.303 e. The minimum absolute atomic E-state index is 0.198. The van der Waals surface area contributed by atoms with E-state index in [4.69, 9.17) is 0 Å². The highest BCUT2D eigenvalue weighted by molar-refractivity contribution is 5.62. The molecule has 0 aromatic carbocycles. The van der Waals surface area contributed by atoms with E-state index in [-0.39, 0.29) is 5.41 Å². The molecule has 0 spiro atoms. The number of carbonyl (C=O) groups excluding carboxylic acids is 2. The van der Waals surface area contributed by atoms with Crippen LogP contribution in [0.4, 0.5) is 0 Å². The molecule has 0 unspecified atom stereocenters. The smallest absolute Gasteiger partial charge is 0.126 e. The molecule has 1 fully saturated rings. The molecule has 0 bridgehead atoms. The lowest BCUT2D eigenvalue weighted by Crippen LogP contribution is -2.27. The third kappa shape index (κ3) is 3.79. The maximum Gasteiger partial charge on any atom is 0.126 e. The average Bonchev–Trinajstić information content (AvgIpc) is 2.69. The van der Waals surface area contributed by atoms with Crippen molar-refractivity contribution < 1.29 is 9.59 Å². The van der Waals surface area contributed by atoms with E-state index < -0.39 is 0 Å². The lowest BCUT2D eigenvalue weighted by Gasteiger charge is -2.28. The van der Waals surface area contributed by atoms with E-state index in [2.05, 4.69) is 19.9 Å². The van der Waals surface area contributed by atoms with Crippen molar-refractivity contribution in [2.45, 2.75) is 58.8 Å². The molecule has 2 atom stereocenters. The molecule has 2 nitrogen and oxygen atoms in total. The minimum Gasteiger partial charge on any atom is -0.303 e. The predicted octanol–water partition coefficient (Wildman–Crippen LogP) is 3.70. The second-order valence-electron chi connectivity index (χ2n) is 5.52. The van der Waals surface area contributed by atoms with Crippen molar-refractivity contribution in [3.05, 3.63) is 11.6 Å². The zero-order valence-corrected chi connectivity index (χ0v) is 11.1. The zero-order chi connectivity index (χ0) is 12.7. The van der Waals surface area contributed by atoms with E-state index in [1.54, 1.807) is 0 Å². The molecule has 0 saturated heterocycles. The summed E-state index contributed by atoms with van der Waals surface area (Å²) < 4.78 is 0. The Balaban J connectivity index is 2.52. The molecule has 0 aliphatic heterocycles. The molecule has 17 heavy (non-hydrogen) atoms. The second kappa shape index (κ2) is 6.73. The first kappa shape index (κ1) is 14.1. The summed E-state index contributed by atoms with van der Waals surface area (Å²) in [5.41, 5.74) is 1.14. The van der Waals surface area contributed by atoms with Crippen LogP contribution < -0.4 is 0 Å². The van der Waals surface area contributed by atoms with Crippen molar-refractivity contribution in [3.8, 4) is 0 Å². The summed E-state index contributed by atoms with van der Waals surface area (Å²) >= 11 is 0. The molecule has 0 N–H and O–H groups in total. The van der Waals surface area contributed by atoms with Crippen LogP contribution in [0, 0.1) is 11.3 Å². The van der Waals surface area contributed by atoms with Crippen LogP contribution in [-0.2, 0) is 9.59 Å². The van der Waals surface area contributed by atoms with Crippen molar-refractivity contribution in [2.75, 3.05) is 0 Å². The van der Waals surface area contributed by atoms with Crippen molar-refractivity contribution in [1.82, 2.24) is 0 Å². The maximum atomic E-state index is 11.4. The van der Waals surface area contributed by atoms with Gasteiger partial charge in [0.2, 0.25) is 0 Å². The van der Waals surface area contributed by atoms with Crippen molar-refractivity contribution >= 4 is 12.6 Å². The topological polar surface area (TPSA) is 34.1 Å². The highest BCUT2D eigenvalue weighted by Crippen LogP contribution is 2.46. The van der Waals surface area contributed by atoms with Crippen LogP contribution in [0.2, 0.25) is 0 Å². The summed E-state index contributed by atoms with van der Waals surface area (Å²) in [6, 6.07) is 0. The van der Waals surface area contributed by atoms with E-state index in [9.17, 15) is 9.59 Å². The van der Waals surface area contributed by atoms with E-state index in [0.29, 0.717) is 12.3 Å². The maximum absolute atomic E-state index is 11.4. The lowest BCUT2D eigenvalue weighted by atomic mass is 9.74. The average molecular weight is 236 g/mol. The first-order chi connectivity index (χ1) is 8.14. The molecule has 0 aromatic rings. The van der Waals surface area contributed by atoms with Gasteiger partial charge in [0.05, 0.1) is 0 Å². The summed E-state index contributed by atoms with van der Waals surface area (Å²) in [6.45, 7) is 4.19. The number of unbranched alkanes of at least 4 members (excludes halogenated alkanes) is 1. The molecule has 1 rings (SSSR count). The molecular weight excluding hydrogens is 212 g/mol. The molecule has 0 heterocycles. The van der Waals surface area contributed by atoms with Crippen LogP contribution in [0.3, 0.4) is 0 Å². The molecule has 0 amide bonds. The van der Waals surface area contributed by atoms with Gasteiger partial charge in [0, 0.05) is 11.8 Å². The van der Waals surface area contributed by atoms with Crippen LogP contribution >= 0.6 is 0 Å². The second-order valence-corrected chi connectivity index (χ2v) is 5.52. The Kier molecular flexibility index (Phi) is 5.60. The van der Waals surface area contributed by atoms with Crippen LogP contribution in [0.15, 0.2) is 11.6 Å². The molecule has 0 aromatic heterocycles. The quantitative estimate of drug-likeness (QED) is 0.384. The van der Waals surface area contributed by atoms with E-state index in [1.807, 2.05) is 0 Å². The fourth-order valence-electron chi connectivity index (χ4n) is 3.00. The Morgan fingerprint density at radius 2 is 2.12 bits per heavy atom. The van der Waals surface area contributed by atoms with Gasteiger partial charge in [0.15, 0.2) is 0 Å². The van der Waals surface area contributed by atoms with E-state index in [0.717, 1.165) is 51.1 Å². The molecule has 0 radical (unpaired) electrons. The zero-order valence-electron chi connectivity index (χ0n) is 11.1. The van der Waals surface area contributed by atoms with E-state index in [1.165, 1.54) is 5.57 Å². The third-order valence-corrected chi connectivity index (χ3v) is 4.02. The van der Waals surface area contributed by atoms with Gasteiger partial charge in [-0.3, -0.25) is 0 Å². The minimum atomic E-state index is -0.198. The summed E-state index contributed by atoms with van der Waals surface area (Å²) in [4.78, 5) is 22.1. The number of aldehydes is 2. The summed E-state index contributed by atoms with van der Waals surface area (Å²) in [5.74, 6) is 0.296. The lowest BCUT2D eigenvalue weighted by molar-refractivity contribution is -0.119. The summed E-state index contributed by atoms with van der Waals surface area (Å²) in [7, 11) is 0. The first-order valence-electron chi connectivity index (χ1n) is 6.68. The van der Waals surface area contributed by atoms with E-state index >= 15 is 0 Å². The standard InChI is InChI=1S/C15H24O2/c1-13(2)6-3-4-9-15(12-17)10-5-7-14(15)8-11-16/h6,11-12,14H,3-5,7-10H2,1-2H3/t14-,15+/m0/s1. The first-order valence-corrected chi connectivity index (χ1v) is 6.68. The number of hydrogen-bond donors (Lipinski definition) is 0. The van der Waals surface area contributed by atoms with Gasteiger partial charge in [-0.25, -0.2) is 0 Å². The molecule has 1 aliphatic carbocycles. The Labute approximate surface area is 104 Å². The number of rotatable bonds is 7. The highest BCUT2D eigenvalue weighted by atomic mass is 16.1. The van der Waals surface area contributed by atoms with Gasteiger partial charge in [0.25, 0.3) is 0 Å². The fourth-order valence-corrected chi connectivity index (χ4v) is 3.00. The molecule has 1 aliphatic rings. The van der Waals surface area contributed by atoms with Gasteiger partial charge >= 0.3 is 0 Å². The van der Waals surface area contributed by atoms with Gasteiger partial charge in [0.1, 0.15) is 12.6 Å². The monoisotopic (exact) mass is 236 g/mol. The van der Waals surface area contributed by atoms with Crippen molar-refractivity contribution in [1.29, 1.82) is 0 Å². The highest BCUT2D eigenvalue weighted by Gasteiger charge is 2.41. The summed E-state index contributed by atoms with van der Waals surface area (Å²) in [5, 5.41) is 0. The van der Waals surface area contributed by atoms with Crippen molar-refractivity contribution in [2.24, 2.45) is 11.3 Å². The Morgan fingerprint density at radius 3 is 2.71 bits per heavy atom. The SMILES string of the molecule is CC(C)=CCCC[C@]1(C=O)CCC[C@H]1CC=O. The molecule has 2 heteroatoms. The van der Waals surface area contributed by atoms with Crippen molar-refractivity contribution in [3.63, 3.8) is 0 Å². The third-order valence-electron chi connectivity index (χ3n) is 4.02. The van der Waals surface area contributed by atoms with Gasteiger partial charge in [-0.1, -0.05) is 18.1 Å². The van der Waals surface area contributed by atoms with Gasteiger partial charge in [-0.05, 0) is 51.9 Å². The Morgan fingerprint density at radius 1 is 1.35 bits per heavy atom. The van der Waals surface area contributed by atoms with Crippen LogP contribution in [0.5, 0.6) is 0 Å². The normalized spacial score (nSPS) is 27.8. The van der Waals surface area contributed by atoms with Crippen LogP contribution in [0.1, 0.15) is 58.8 Å². The predicted molar refractivity (Wildman–Crippen MR) is 69.8 cm³/mol. The van der Waals surface area contributed by atoms with Gasteiger partial charge in [-0.2, -0.15) is 0 Å². The van der Waals surface area contributed by atoms with Gasteiger partial charge < -0.3 is 9.59 Å². The fraction of sp³-hybridized carbons (Fsp3) is 0.733. The number of hydrogen-bond acceptors (Lipinski definition) is 2. The molecule has 96 valence electrons. The molecular formula is C15H24O2. The number of carbonyl (C=O) groups is 2. The Hall–Kier alpha value is -0.920.